The van der Waals surface area contributed by atoms with Crippen molar-refractivity contribution in [3.8, 4) is 11.1 Å². The van der Waals surface area contributed by atoms with Gasteiger partial charge in [0, 0.05) is 18.3 Å². The van der Waals surface area contributed by atoms with Gasteiger partial charge in [0.05, 0.1) is 0 Å². The number of aromatic carboxylic acids is 1. The van der Waals surface area contributed by atoms with Gasteiger partial charge in [-0.2, -0.15) is 0 Å². The molecule has 0 saturated carbocycles. The molecule has 1 aromatic heterocycles. The van der Waals surface area contributed by atoms with Crippen LogP contribution in [0.3, 0.4) is 0 Å². The molecule has 2 rings (SSSR count). The van der Waals surface area contributed by atoms with Crippen LogP contribution in [0.25, 0.3) is 11.1 Å². The van der Waals surface area contributed by atoms with Gasteiger partial charge in [0.25, 0.3) is 0 Å². The lowest BCUT2D eigenvalue weighted by molar-refractivity contribution is 0.0685. The Kier molecular flexibility index (Phi) is 2.77. The Hall–Kier alpha value is -2.03. The molecule has 0 aliphatic carbocycles. The molecule has 16 heavy (non-hydrogen) atoms. The van der Waals surface area contributed by atoms with Crippen molar-refractivity contribution in [1.29, 1.82) is 0 Å². The zero-order chi connectivity index (χ0) is 11.5. The van der Waals surface area contributed by atoms with E-state index in [9.17, 15) is 4.79 Å². The number of rotatable bonds is 3. The molecule has 82 valence electrons. The van der Waals surface area contributed by atoms with Gasteiger partial charge in [-0.3, -0.25) is 0 Å². The van der Waals surface area contributed by atoms with Gasteiger partial charge in [0.2, 0.25) is 0 Å². The normalized spacial score (nSPS) is 10.3. The molecule has 0 bridgehead atoms. The minimum Gasteiger partial charge on any atom is -0.477 e. The molecule has 1 heterocycles. The van der Waals surface area contributed by atoms with Crippen LogP contribution in [0.5, 0.6) is 0 Å². The summed E-state index contributed by atoms with van der Waals surface area (Å²) in [5, 5.41) is 9.04. The Labute approximate surface area is 94.0 Å². The monoisotopic (exact) mass is 215 g/mol. The summed E-state index contributed by atoms with van der Waals surface area (Å²) >= 11 is 0. The number of carboxylic acids is 1. The van der Waals surface area contributed by atoms with Gasteiger partial charge >= 0.3 is 5.97 Å². The predicted molar refractivity (Wildman–Crippen MR) is 62.5 cm³/mol. The number of carbonyl (C=O) groups is 1. The van der Waals surface area contributed by atoms with Crippen LogP contribution in [-0.2, 0) is 6.54 Å². The Bertz CT molecular complexity index is 500. The second-order valence-electron chi connectivity index (χ2n) is 3.57. The largest absolute Gasteiger partial charge is 0.477 e. The first-order chi connectivity index (χ1) is 7.72. The number of carboxylic acid groups (broad SMARTS) is 1. The topological polar surface area (TPSA) is 42.2 Å². The van der Waals surface area contributed by atoms with E-state index in [4.69, 9.17) is 5.11 Å². The Balaban J connectivity index is 2.48. The fourth-order valence-corrected chi connectivity index (χ4v) is 1.74. The van der Waals surface area contributed by atoms with Crippen molar-refractivity contribution < 1.29 is 9.90 Å². The summed E-state index contributed by atoms with van der Waals surface area (Å²) in [4.78, 5) is 11.0. The van der Waals surface area contributed by atoms with Crippen LogP contribution < -0.4 is 0 Å². The number of benzene rings is 1. The van der Waals surface area contributed by atoms with Crippen molar-refractivity contribution in [2.75, 3.05) is 0 Å². The van der Waals surface area contributed by atoms with E-state index in [2.05, 4.69) is 0 Å². The van der Waals surface area contributed by atoms with Gasteiger partial charge < -0.3 is 9.67 Å². The number of aryl methyl sites for hydroxylation is 1. The van der Waals surface area contributed by atoms with Crippen molar-refractivity contribution in [3.63, 3.8) is 0 Å². The second-order valence-corrected chi connectivity index (χ2v) is 3.57. The summed E-state index contributed by atoms with van der Waals surface area (Å²) in [5.74, 6) is -0.885. The van der Waals surface area contributed by atoms with E-state index in [1.807, 2.05) is 43.5 Å². The molecule has 0 fully saturated rings. The number of aromatic nitrogens is 1. The highest BCUT2D eigenvalue weighted by Crippen LogP contribution is 2.21. The number of nitrogens with zero attached hydrogens (tertiary/aromatic N) is 1. The van der Waals surface area contributed by atoms with Crippen molar-refractivity contribution in [2.45, 2.75) is 13.5 Å². The highest BCUT2D eigenvalue weighted by atomic mass is 16.4. The minimum atomic E-state index is -0.885. The fraction of sp³-hybridized carbons (Fsp3) is 0.154. The maximum absolute atomic E-state index is 11.0. The molecule has 1 aromatic carbocycles. The van der Waals surface area contributed by atoms with Gasteiger partial charge in [-0.15, -0.1) is 0 Å². The molecular formula is C13H13NO2. The highest BCUT2D eigenvalue weighted by molar-refractivity contribution is 5.88. The first kappa shape index (κ1) is 10.5. The van der Waals surface area contributed by atoms with Crippen LogP contribution in [0.4, 0.5) is 0 Å². The maximum Gasteiger partial charge on any atom is 0.352 e. The molecule has 2 aromatic rings. The van der Waals surface area contributed by atoms with Crippen LogP contribution in [0, 0.1) is 0 Å². The summed E-state index contributed by atoms with van der Waals surface area (Å²) in [6, 6.07) is 11.5. The number of hydrogen-bond donors (Lipinski definition) is 1. The van der Waals surface area contributed by atoms with E-state index < -0.39 is 5.97 Å². The molecule has 0 spiro atoms. The molecule has 3 heteroatoms. The van der Waals surface area contributed by atoms with Crippen molar-refractivity contribution in [3.05, 3.63) is 48.3 Å². The zero-order valence-corrected chi connectivity index (χ0v) is 9.05. The molecular weight excluding hydrogens is 202 g/mol. The fourth-order valence-electron chi connectivity index (χ4n) is 1.74. The van der Waals surface area contributed by atoms with E-state index in [-0.39, 0.29) is 0 Å². The summed E-state index contributed by atoms with van der Waals surface area (Å²) in [6.45, 7) is 2.59. The van der Waals surface area contributed by atoms with Crippen LogP contribution in [0.1, 0.15) is 17.4 Å². The van der Waals surface area contributed by atoms with Gasteiger partial charge in [0.15, 0.2) is 0 Å². The first-order valence-electron chi connectivity index (χ1n) is 5.21. The van der Waals surface area contributed by atoms with E-state index in [1.54, 1.807) is 10.6 Å². The molecule has 0 aliphatic rings. The van der Waals surface area contributed by atoms with Crippen LogP contribution in [-0.4, -0.2) is 15.6 Å². The Morgan fingerprint density at radius 2 is 1.94 bits per heavy atom. The van der Waals surface area contributed by atoms with Gasteiger partial charge in [-0.05, 0) is 18.6 Å². The predicted octanol–water partition coefficient (Wildman–Crippen LogP) is 2.87. The molecule has 0 aliphatic heterocycles. The molecule has 0 unspecified atom stereocenters. The van der Waals surface area contributed by atoms with E-state index in [0.29, 0.717) is 12.2 Å². The van der Waals surface area contributed by atoms with E-state index in [0.717, 1.165) is 11.1 Å². The highest BCUT2D eigenvalue weighted by Gasteiger charge is 2.11. The van der Waals surface area contributed by atoms with Gasteiger partial charge in [0.1, 0.15) is 5.69 Å². The summed E-state index contributed by atoms with van der Waals surface area (Å²) < 4.78 is 1.74. The molecule has 1 N–H and O–H groups in total. The summed E-state index contributed by atoms with van der Waals surface area (Å²) in [5.41, 5.74) is 2.32. The Morgan fingerprint density at radius 3 is 2.44 bits per heavy atom. The van der Waals surface area contributed by atoms with E-state index >= 15 is 0 Å². The number of hydrogen-bond acceptors (Lipinski definition) is 1. The zero-order valence-electron chi connectivity index (χ0n) is 9.05. The SMILES string of the molecule is CCn1cc(-c2ccccc2)cc1C(=O)O. The van der Waals surface area contributed by atoms with Crippen molar-refractivity contribution >= 4 is 5.97 Å². The van der Waals surface area contributed by atoms with E-state index in [1.165, 1.54) is 0 Å². The summed E-state index contributed by atoms with van der Waals surface area (Å²) in [6.07, 6.45) is 1.87. The van der Waals surface area contributed by atoms with Crippen molar-refractivity contribution in [2.24, 2.45) is 0 Å². The standard InChI is InChI=1S/C13H13NO2/c1-2-14-9-11(8-12(14)13(15)16)10-6-4-3-5-7-10/h3-9H,2H2,1H3,(H,15,16). The summed E-state index contributed by atoms with van der Waals surface area (Å²) in [7, 11) is 0. The Morgan fingerprint density at radius 1 is 1.25 bits per heavy atom. The molecule has 0 radical (unpaired) electrons. The van der Waals surface area contributed by atoms with Crippen molar-refractivity contribution in [1.82, 2.24) is 4.57 Å². The quantitative estimate of drug-likeness (QED) is 0.855. The molecule has 0 atom stereocenters. The lowest BCUT2D eigenvalue weighted by Gasteiger charge is -1.99. The lowest BCUT2D eigenvalue weighted by Crippen LogP contribution is -2.05. The van der Waals surface area contributed by atoms with Crippen LogP contribution in [0.15, 0.2) is 42.6 Å². The third kappa shape index (κ3) is 1.84. The molecule has 0 amide bonds. The van der Waals surface area contributed by atoms with Gasteiger partial charge in [-0.1, -0.05) is 30.3 Å². The molecule has 0 saturated heterocycles. The molecule has 3 nitrogen and oxygen atoms in total. The maximum atomic E-state index is 11.0. The third-order valence-electron chi connectivity index (χ3n) is 2.56. The van der Waals surface area contributed by atoms with Crippen LogP contribution in [0.2, 0.25) is 0 Å². The third-order valence-corrected chi connectivity index (χ3v) is 2.56. The average molecular weight is 215 g/mol. The van der Waals surface area contributed by atoms with Gasteiger partial charge in [-0.25, -0.2) is 4.79 Å². The minimum absolute atomic E-state index is 0.335. The first-order valence-corrected chi connectivity index (χ1v) is 5.21. The van der Waals surface area contributed by atoms with Crippen LogP contribution >= 0.6 is 0 Å². The smallest absolute Gasteiger partial charge is 0.352 e. The second kappa shape index (κ2) is 4.23. The average Bonchev–Trinajstić information content (AvgIpc) is 2.74. The lowest BCUT2D eigenvalue weighted by atomic mass is 10.1.